The molecule has 0 radical (unpaired) electrons. The molecular weight excluding hydrogens is 508 g/mol. The predicted octanol–water partition coefficient (Wildman–Crippen LogP) is 5.65. The molecule has 1 atom stereocenters. The van der Waals surface area contributed by atoms with Gasteiger partial charge in [-0.05, 0) is 36.2 Å². The van der Waals surface area contributed by atoms with Crippen LogP contribution in [0.2, 0.25) is 0 Å². The van der Waals surface area contributed by atoms with E-state index >= 15 is 0 Å². The van der Waals surface area contributed by atoms with Gasteiger partial charge < -0.3 is 14.8 Å². The number of ether oxygens (including phenoxy) is 2. The molecule has 0 amide bonds. The molecule has 0 spiro atoms. The highest BCUT2D eigenvalue weighted by atomic mass is 79.9. The van der Waals surface area contributed by atoms with E-state index in [0.717, 1.165) is 21.2 Å². The van der Waals surface area contributed by atoms with Gasteiger partial charge in [0.2, 0.25) is 5.95 Å². The zero-order valence-electron chi connectivity index (χ0n) is 19.0. The number of hydrogen-bond donors (Lipinski definition) is 1. The van der Waals surface area contributed by atoms with Crippen LogP contribution in [0.25, 0.3) is 0 Å². The Bertz CT molecular complexity index is 1370. The first-order valence-corrected chi connectivity index (χ1v) is 11.9. The summed E-state index contributed by atoms with van der Waals surface area (Å²) < 4.78 is 14.5. The predicted molar refractivity (Wildman–Crippen MR) is 136 cm³/mol. The van der Waals surface area contributed by atoms with Crippen molar-refractivity contribution in [3.63, 3.8) is 0 Å². The van der Waals surface area contributed by atoms with Gasteiger partial charge in [0.1, 0.15) is 31.3 Å². The van der Waals surface area contributed by atoms with Crippen LogP contribution in [0.1, 0.15) is 29.7 Å². The molecule has 0 bridgehead atoms. The van der Waals surface area contributed by atoms with Gasteiger partial charge in [0, 0.05) is 15.7 Å². The molecule has 8 heteroatoms. The maximum atomic E-state index is 13.4. The van der Waals surface area contributed by atoms with Gasteiger partial charge in [-0.3, -0.25) is 0 Å². The smallest absolute Gasteiger partial charge is 0.338 e. The number of carbonyl (C=O) groups is 1. The van der Waals surface area contributed by atoms with E-state index < -0.39 is 12.0 Å². The van der Waals surface area contributed by atoms with E-state index in [1.807, 2.05) is 85.8 Å². The van der Waals surface area contributed by atoms with Crippen LogP contribution < -0.4 is 10.1 Å². The molecule has 4 aromatic rings. The average Bonchev–Trinajstić information content (AvgIpc) is 3.35. The second-order valence-electron chi connectivity index (χ2n) is 8.11. The minimum Gasteiger partial charge on any atom is -0.489 e. The fourth-order valence-corrected chi connectivity index (χ4v) is 4.42. The Morgan fingerprint density at radius 3 is 2.40 bits per heavy atom. The molecule has 176 valence electrons. The quantitative estimate of drug-likeness (QED) is 0.311. The third-order valence-corrected chi connectivity index (χ3v) is 6.22. The summed E-state index contributed by atoms with van der Waals surface area (Å²) in [7, 11) is 0. The summed E-state index contributed by atoms with van der Waals surface area (Å²) in [6, 6.07) is 24.7. The summed E-state index contributed by atoms with van der Waals surface area (Å²) in [6.07, 6.45) is 1.46. The van der Waals surface area contributed by atoms with E-state index in [2.05, 4.69) is 31.3 Å². The minimum atomic E-state index is -0.583. The molecule has 35 heavy (non-hydrogen) atoms. The van der Waals surface area contributed by atoms with Crippen molar-refractivity contribution >= 4 is 27.8 Å². The van der Waals surface area contributed by atoms with E-state index in [9.17, 15) is 4.79 Å². The monoisotopic (exact) mass is 530 g/mol. The number of carbonyl (C=O) groups excluding carboxylic acids is 1. The number of hydrogen-bond acceptors (Lipinski definition) is 6. The third kappa shape index (κ3) is 4.97. The van der Waals surface area contributed by atoms with Crippen LogP contribution in [0.4, 0.5) is 5.95 Å². The van der Waals surface area contributed by atoms with E-state index in [4.69, 9.17) is 9.47 Å². The molecule has 1 aliphatic heterocycles. The Kier molecular flexibility index (Phi) is 6.63. The summed E-state index contributed by atoms with van der Waals surface area (Å²) >= 11 is 3.57. The SMILES string of the molecule is CC1=C(C(=O)OCc2ccccc2)C(c2cc(Br)ccc2OCc2ccccc2)n2ncnc2N1. The highest BCUT2D eigenvalue weighted by molar-refractivity contribution is 9.10. The van der Waals surface area contributed by atoms with Crippen LogP contribution in [-0.2, 0) is 22.7 Å². The molecule has 7 nitrogen and oxygen atoms in total. The third-order valence-electron chi connectivity index (χ3n) is 5.73. The fourth-order valence-electron chi connectivity index (χ4n) is 4.04. The van der Waals surface area contributed by atoms with Crippen molar-refractivity contribution in [2.75, 3.05) is 5.32 Å². The summed E-state index contributed by atoms with van der Waals surface area (Å²) in [5.74, 6) is 0.756. The van der Waals surface area contributed by atoms with Gasteiger partial charge in [0.05, 0.1) is 5.57 Å². The molecule has 3 aromatic carbocycles. The lowest BCUT2D eigenvalue weighted by atomic mass is 9.95. The number of allylic oxidation sites excluding steroid dienone is 1. The number of rotatable bonds is 7. The first-order chi connectivity index (χ1) is 17.1. The minimum absolute atomic E-state index is 0.170. The first-order valence-electron chi connectivity index (χ1n) is 11.1. The van der Waals surface area contributed by atoms with Crippen molar-refractivity contribution in [1.29, 1.82) is 0 Å². The number of nitrogens with one attached hydrogen (secondary N) is 1. The Balaban J connectivity index is 1.51. The van der Waals surface area contributed by atoms with Crippen molar-refractivity contribution in [3.8, 4) is 5.75 Å². The Morgan fingerprint density at radius 1 is 1.00 bits per heavy atom. The van der Waals surface area contributed by atoms with E-state index in [0.29, 0.717) is 29.6 Å². The van der Waals surface area contributed by atoms with Crippen LogP contribution in [0, 0.1) is 0 Å². The molecule has 1 unspecified atom stereocenters. The molecule has 2 heterocycles. The van der Waals surface area contributed by atoms with Crippen LogP contribution >= 0.6 is 15.9 Å². The summed E-state index contributed by atoms with van der Waals surface area (Å²) in [5.41, 5.74) is 3.83. The number of benzene rings is 3. The number of fused-ring (bicyclic) bond motifs is 1. The second kappa shape index (κ2) is 10.1. The summed E-state index contributed by atoms with van der Waals surface area (Å²) in [5, 5.41) is 7.60. The number of anilines is 1. The highest BCUT2D eigenvalue weighted by Gasteiger charge is 2.36. The topological polar surface area (TPSA) is 78.3 Å². The van der Waals surface area contributed by atoms with Crippen molar-refractivity contribution in [3.05, 3.63) is 118 Å². The zero-order chi connectivity index (χ0) is 24.2. The van der Waals surface area contributed by atoms with E-state index in [-0.39, 0.29) is 6.61 Å². The maximum absolute atomic E-state index is 13.4. The molecule has 1 aromatic heterocycles. The van der Waals surface area contributed by atoms with E-state index in [1.165, 1.54) is 6.33 Å². The van der Waals surface area contributed by atoms with E-state index in [1.54, 1.807) is 4.68 Å². The van der Waals surface area contributed by atoms with Crippen molar-refractivity contribution in [2.45, 2.75) is 26.2 Å². The first kappa shape index (κ1) is 22.9. The van der Waals surface area contributed by atoms with Gasteiger partial charge in [-0.15, -0.1) is 0 Å². The number of nitrogens with zero attached hydrogens (tertiary/aromatic N) is 3. The summed E-state index contributed by atoms with van der Waals surface area (Å²) in [6.45, 7) is 2.40. The van der Waals surface area contributed by atoms with Crippen LogP contribution in [-0.4, -0.2) is 20.7 Å². The molecule has 0 fully saturated rings. The standard InChI is InChI=1S/C27H23BrN4O3/c1-18-24(26(33)35-16-20-10-6-3-7-11-20)25(32-27(31-18)29-17-30-32)22-14-21(28)12-13-23(22)34-15-19-8-4-2-5-9-19/h2-14,17,25H,15-16H2,1H3,(H,29,30,31). The van der Waals surface area contributed by atoms with Crippen molar-refractivity contribution < 1.29 is 14.3 Å². The van der Waals surface area contributed by atoms with Gasteiger partial charge in [0.25, 0.3) is 0 Å². The fraction of sp³-hybridized carbons (Fsp3) is 0.148. The Morgan fingerprint density at radius 2 is 1.69 bits per heavy atom. The van der Waals surface area contributed by atoms with Crippen molar-refractivity contribution in [2.24, 2.45) is 0 Å². The summed E-state index contributed by atoms with van der Waals surface area (Å²) in [4.78, 5) is 17.8. The maximum Gasteiger partial charge on any atom is 0.338 e. The molecule has 1 N–H and O–H groups in total. The molecular formula is C27H23BrN4O3. The Hall–Kier alpha value is -3.91. The lowest BCUT2D eigenvalue weighted by Crippen LogP contribution is -2.30. The van der Waals surface area contributed by atoms with Crippen LogP contribution in [0.5, 0.6) is 5.75 Å². The normalized spacial score (nSPS) is 14.7. The van der Waals surface area contributed by atoms with Gasteiger partial charge in [-0.2, -0.15) is 10.1 Å². The van der Waals surface area contributed by atoms with Crippen LogP contribution in [0.15, 0.2) is 101 Å². The zero-order valence-corrected chi connectivity index (χ0v) is 20.6. The number of halogens is 1. The lowest BCUT2D eigenvalue weighted by molar-refractivity contribution is -0.140. The molecule has 0 saturated carbocycles. The second-order valence-corrected chi connectivity index (χ2v) is 9.03. The molecule has 1 aliphatic rings. The van der Waals surface area contributed by atoms with Gasteiger partial charge in [-0.1, -0.05) is 76.6 Å². The molecule has 0 aliphatic carbocycles. The largest absolute Gasteiger partial charge is 0.489 e. The average molecular weight is 531 g/mol. The van der Waals surface area contributed by atoms with Gasteiger partial charge in [0.15, 0.2) is 0 Å². The van der Waals surface area contributed by atoms with Gasteiger partial charge >= 0.3 is 5.97 Å². The van der Waals surface area contributed by atoms with Crippen molar-refractivity contribution in [1.82, 2.24) is 14.8 Å². The molecule has 5 rings (SSSR count). The van der Waals surface area contributed by atoms with Crippen LogP contribution in [0.3, 0.4) is 0 Å². The number of aromatic nitrogens is 3. The molecule has 0 saturated heterocycles. The lowest BCUT2D eigenvalue weighted by Gasteiger charge is -2.29. The van der Waals surface area contributed by atoms with Gasteiger partial charge in [-0.25, -0.2) is 9.48 Å². The Labute approximate surface area is 211 Å². The highest BCUT2D eigenvalue weighted by Crippen LogP contribution is 2.40. The number of esters is 1.